The Labute approximate surface area is 125 Å². The second-order valence-electron chi connectivity index (χ2n) is 5.63. The maximum atomic E-state index is 12.5. The molecular weight excluding hydrogens is 264 g/mol. The highest BCUT2D eigenvalue weighted by Gasteiger charge is 2.31. The van der Waals surface area contributed by atoms with Gasteiger partial charge in [-0.1, -0.05) is 30.3 Å². The van der Waals surface area contributed by atoms with E-state index >= 15 is 0 Å². The average Bonchev–Trinajstić information content (AvgIpc) is 2.78. The van der Waals surface area contributed by atoms with Gasteiger partial charge in [0.1, 0.15) is 17.1 Å². The first kappa shape index (κ1) is 15.3. The van der Waals surface area contributed by atoms with Gasteiger partial charge in [0.15, 0.2) is 0 Å². The molecule has 3 N–H and O–H groups in total. The molecule has 0 saturated carbocycles. The SMILES string of the molecule is Cc1cc(C(C)NC(=O)C(C)(N)c2ccccc2)c(C)o1. The number of nitrogens with one attached hydrogen (secondary N) is 1. The molecule has 1 aromatic heterocycles. The lowest BCUT2D eigenvalue weighted by Gasteiger charge is -2.26. The fourth-order valence-electron chi connectivity index (χ4n) is 2.42. The first-order valence-corrected chi connectivity index (χ1v) is 7.04. The second kappa shape index (κ2) is 5.74. The number of furan rings is 1. The van der Waals surface area contributed by atoms with Crippen molar-refractivity contribution in [2.75, 3.05) is 0 Å². The molecule has 0 saturated heterocycles. The van der Waals surface area contributed by atoms with E-state index in [0.717, 1.165) is 22.6 Å². The van der Waals surface area contributed by atoms with Crippen LogP contribution in [0.3, 0.4) is 0 Å². The van der Waals surface area contributed by atoms with E-state index in [1.165, 1.54) is 0 Å². The second-order valence-corrected chi connectivity index (χ2v) is 5.63. The molecular formula is C17H22N2O2. The van der Waals surface area contributed by atoms with Gasteiger partial charge in [-0.05, 0) is 39.3 Å². The van der Waals surface area contributed by atoms with E-state index in [0.29, 0.717) is 0 Å². The van der Waals surface area contributed by atoms with Crippen LogP contribution < -0.4 is 11.1 Å². The Morgan fingerprint density at radius 1 is 1.29 bits per heavy atom. The number of amides is 1. The van der Waals surface area contributed by atoms with Crippen molar-refractivity contribution in [2.24, 2.45) is 5.73 Å². The van der Waals surface area contributed by atoms with E-state index < -0.39 is 5.54 Å². The van der Waals surface area contributed by atoms with Crippen molar-refractivity contribution in [2.45, 2.75) is 39.3 Å². The Morgan fingerprint density at radius 3 is 2.43 bits per heavy atom. The molecule has 4 heteroatoms. The molecule has 2 atom stereocenters. The van der Waals surface area contributed by atoms with Crippen LogP contribution in [0.2, 0.25) is 0 Å². The van der Waals surface area contributed by atoms with Crippen molar-refractivity contribution in [3.63, 3.8) is 0 Å². The molecule has 0 radical (unpaired) electrons. The summed E-state index contributed by atoms with van der Waals surface area (Å²) in [6.07, 6.45) is 0. The highest BCUT2D eigenvalue weighted by molar-refractivity contribution is 5.87. The number of nitrogens with two attached hydrogens (primary N) is 1. The summed E-state index contributed by atoms with van der Waals surface area (Å²) >= 11 is 0. The van der Waals surface area contributed by atoms with Gasteiger partial charge in [0.05, 0.1) is 6.04 Å². The molecule has 1 amide bonds. The van der Waals surface area contributed by atoms with Crippen LogP contribution >= 0.6 is 0 Å². The summed E-state index contributed by atoms with van der Waals surface area (Å²) in [6, 6.07) is 11.2. The zero-order valence-electron chi connectivity index (χ0n) is 12.9. The molecule has 112 valence electrons. The zero-order valence-corrected chi connectivity index (χ0v) is 12.9. The topological polar surface area (TPSA) is 68.3 Å². The minimum absolute atomic E-state index is 0.151. The summed E-state index contributed by atoms with van der Waals surface area (Å²) in [6.45, 7) is 7.43. The van der Waals surface area contributed by atoms with Crippen LogP contribution in [0.15, 0.2) is 40.8 Å². The molecule has 1 aromatic carbocycles. The Hall–Kier alpha value is -2.07. The van der Waals surface area contributed by atoms with Gasteiger partial charge < -0.3 is 15.5 Å². The summed E-state index contributed by atoms with van der Waals surface area (Å²) < 4.78 is 5.50. The Balaban J connectivity index is 2.16. The number of aryl methyl sites for hydroxylation is 2. The molecule has 0 spiro atoms. The lowest BCUT2D eigenvalue weighted by molar-refractivity contribution is -0.126. The first-order valence-electron chi connectivity index (χ1n) is 7.04. The van der Waals surface area contributed by atoms with Crippen LogP contribution in [-0.4, -0.2) is 5.91 Å². The highest BCUT2D eigenvalue weighted by atomic mass is 16.3. The fraction of sp³-hybridized carbons (Fsp3) is 0.353. The van der Waals surface area contributed by atoms with E-state index in [1.807, 2.05) is 57.2 Å². The lowest BCUT2D eigenvalue weighted by atomic mass is 9.91. The Morgan fingerprint density at radius 2 is 1.90 bits per heavy atom. The zero-order chi connectivity index (χ0) is 15.6. The van der Waals surface area contributed by atoms with E-state index in [4.69, 9.17) is 10.2 Å². The van der Waals surface area contributed by atoms with Gasteiger partial charge in [-0.2, -0.15) is 0 Å². The fourth-order valence-corrected chi connectivity index (χ4v) is 2.42. The summed E-state index contributed by atoms with van der Waals surface area (Å²) in [5, 5.41) is 2.97. The molecule has 0 bridgehead atoms. The third kappa shape index (κ3) is 3.16. The normalized spacial score (nSPS) is 15.3. The predicted molar refractivity (Wildman–Crippen MR) is 82.7 cm³/mol. The van der Waals surface area contributed by atoms with Gasteiger partial charge in [0, 0.05) is 5.56 Å². The molecule has 2 aromatic rings. The number of rotatable bonds is 4. The molecule has 21 heavy (non-hydrogen) atoms. The smallest absolute Gasteiger partial charge is 0.244 e. The average molecular weight is 286 g/mol. The van der Waals surface area contributed by atoms with Crippen LogP contribution in [0.4, 0.5) is 0 Å². The van der Waals surface area contributed by atoms with Crippen LogP contribution in [0.25, 0.3) is 0 Å². The van der Waals surface area contributed by atoms with Crippen molar-refractivity contribution in [3.05, 3.63) is 59.0 Å². The van der Waals surface area contributed by atoms with Crippen LogP contribution in [-0.2, 0) is 10.3 Å². The number of hydrogen-bond acceptors (Lipinski definition) is 3. The van der Waals surface area contributed by atoms with E-state index in [9.17, 15) is 4.79 Å². The van der Waals surface area contributed by atoms with Gasteiger partial charge in [0.2, 0.25) is 5.91 Å². The summed E-state index contributed by atoms with van der Waals surface area (Å²) in [4.78, 5) is 12.5. The molecule has 0 aliphatic heterocycles. The lowest BCUT2D eigenvalue weighted by Crippen LogP contribution is -2.49. The highest BCUT2D eigenvalue weighted by Crippen LogP contribution is 2.23. The summed E-state index contributed by atoms with van der Waals surface area (Å²) in [5.74, 6) is 1.44. The minimum atomic E-state index is -1.07. The standard InChI is InChI=1S/C17H22N2O2/c1-11-10-15(13(3)21-11)12(2)19-16(20)17(4,18)14-8-6-5-7-9-14/h5-10,12H,18H2,1-4H3,(H,19,20). The van der Waals surface area contributed by atoms with Crippen LogP contribution in [0.5, 0.6) is 0 Å². The summed E-state index contributed by atoms with van der Waals surface area (Å²) in [5.41, 5.74) is 6.91. The molecule has 1 heterocycles. The van der Waals surface area contributed by atoms with Gasteiger partial charge in [0.25, 0.3) is 0 Å². The Bertz CT molecular complexity index is 629. The van der Waals surface area contributed by atoms with Crippen molar-refractivity contribution in [3.8, 4) is 0 Å². The van der Waals surface area contributed by atoms with E-state index in [-0.39, 0.29) is 11.9 Å². The Kier molecular flexibility index (Phi) is 4.19. The van der Waals surface area contributed by atoms with Crippen LogP contribution in [0.1, 0.15) is 42.5 Å². The molecule has 0 aliphatic rings. The molecule has 0 aliphatic carbocycles. The van der Waals surface area contributed by atoms with Gasteiger partial charge in [-0.25, -0.2) is 0 Å². The van der Waals surface area contributed by atoms with Crippen molar-refractivity contribution in [1.82, 2.24) is 5.32 Å². The first-order chi connectivity index (χ1) is 9.82. The monoisotopic (exact) mass is 286 g/mol. The van der Waals surface area contributed by atoms with Gasteiger partial charge >= 0.3 is 0 Å². The number of hydrogen-bond donors (Lipinski definition) is 2. The molecule has 2 rings (SSSR count). The molecule has 4 nitrogen and oxygen atoms in total. The van der Waals surface area contributed by atoms with Crippen molar-refractivity contribution < 1.29 is 9.21 Å². The number of carbonyl (C=O) groups excluding carboxylic acids is 1. The predicted octanol–water partition coefficient (Wildman–Crippen LogP) is 2.95. The maximum absolute atomic E-state index is 12.5. The van der Waals surface area contributed by atoms with Gasteiger partial charge in [-0.3, -0.25) is 4.79 Å². The van der Waals surface area contributed by atoms with Crippen LogP contribution in [0, 0.1) is 13.8 Å². The van der Waals surface area contributed by atoms with Crippen molar-refractivity contribution >= 4 is 5.91 Å². The minimum Gasteiger partial charge on any atom is -0.466 e. The maximum Gasteiger partial charge on any atom is 0.244 e. The van der Waals surface area contributed by atoms with E-state index in [1.54, 1.807) is 6.92 Å². The third-order valence-corrected chi connectivity index (χ3v) is 3.74. The number of benzene rings is 1. The largest absolute Gasteiger partial charge is 0.466 e. The van der Waals surface area contributed by atoms with E-state index in [2.05, 4.69) is 5.32 Å². The molecule has 0 fully saturated rings. The third-order valence-electron chi connectivity index (χ3n) is 3.74. The molecule has 2 unspecified atom stereocenters. The van der Waals surface area contributed by atoms with Crippen molar-refractivity contribution in [1.29, 1.82) is 0 Å². The number of carbonyl (C=O) groups is 1. The summed E-state index contributed by atoms with van der Waals surface area (Å²) in [7, 11) is 0. The quantitative estimate of drug-likeness (QED) is 0.908. The van der Waals surface area contributed by atoms with Gasteiger partial charge in [-0.15, -0.1) is 0 Å².